The van der Waals surface area contributed by atoms with Gasteiger partial charge in [0.05, 0.1) is 11.8 Å². The molecule has 1 heterocycles. The fourth-order valence-electron chi connectivity index (χ4n) is 2.74. The molecule has 0 radical (unpaired) electrons. The van der Waals surface area contributed by atoms with Crippen molar-refractivity contribution in [1.29, 1.82) is 0 Å². The highest BCUT2D eigenvalue weighted by Gasteiger charge is 2.19. The molecule has 3 rings (SSSR count). The van der Waals surface area contributed by atoms with Crippen molar-refractivity contribution < 1.29 is 22.4 Å². The Morgan fingerprint density at radius 2 is 1.86 bits per heavy atom. The Kier molecular flexibility index (Phi) is 6.04. The van der Waals surface area contributed by atoms with Gasteiger partial charge in [-0.1, -0.05) is 35.9 Å². The Labute approximate surface area is 164 Å². The normalized spacial score (nSPS) is 12.6. The fraction of sp³-hybridized carbons (Fsp3) is 0.286. The molecule has 6 nitrogen and oxygen atoms in total. The molecule has 0 fully saturated rings. The second-order valence-electron chi connectivity index (χ2n) is 6.86. The van der Waals surface area contributed by atoms with Gasteiger partial charge in [-0.3, -0.25) is 4.79 Å². The van der Waals surface area contributed by atoms with Crippen LogP contribution in [0.4, 0.5) is 0 Å². The SMILES string of the molecule is Cc1ccc(OC[C@H](CCS(C)(=O)=O)NC(=O)c2cc3ccccc3o2)cc1. The number of carbonyl (C=O) groups excluding carboxylic acids is 1. The molecule has 0 saturated heterocycles. The van der Waals surface area contributed by atoms with Crippen LogP contribution in [-0.4, -0.2) is 39.0 Å². The summed E-state index contributed by atoms with van der Waals surface area (Å²) in [7, 11) is -3.16. The minimum atomic E-state index is -3.16. The second kappa shape index (κ2) is 8.48. The molecule has 3 aromatic rings. The van der Waals surface area contributed by atoms with Crippen LogP contribution in [0, 0.1) is 6.92 Å². The molecule has 2 aromatic carbocycles. The van der Waals surface area contributed by atoms with Gasteiger partial charge in [0.15, 0.2) is 5.76 Å². The predicted octanol–water partition coefficient (Wildman–Crippen LogP) is 3.35. The molecule has 1 amide bonds. The van der Waals surface area contributed by atoms with E-state index in [0.717, 1.165) is 10.9 Å². The minimum Gasteiger partial charge on any atom is -0.491 e. The number of fused-ring (bicyclic) bond motifs is 1. The molecule has 7 heteroatoms. The van der Waals surface area contributed by atoms with E-state index in [9.17, 15) is 13.2 Å². The van der Waals surface area contributed by atoms with Gasteiger partial charge in [-0.2, -0.15) is 0 Å². The van der Waals surface area contributed by atoms with Gasteiger partial charge in [0.25, 0.3) is 5.91 Å². The number of ether oxygens (including phenoxy) is 1. The van der Waals surface area contributed by atoms with E-state index in [2.05, 4.69) is 5.32 Å². The number of hydrogen-bond donors (Lipinski definition) is 1. The van der Waals surface area contributed by atoms with Crippen molar-refractivity contribution in [2.45, 2.75) is 19.4 Å². The number of aryl methyl sites for hydroxylation is 1. The monoisotopic (exact) mass is 401 g/mol. The highest BCUT2D eigenvalue weighted by atomic mass is 32.2. The predicted molar refractivity (Wildman–Crippen MR) is 108 cm³/mol. The summed E-state index contributed by atoms with van der Waals surface area (Å²) < 4.78 is 34.4. The average molecular weight is 401 g/mol. The number of para-hydroxylation sites is 1. The summed E-state index contributed by atoms with van der Waals surface area (Å²) in [4.78, 5) is 12.6. The number of amides is 1. The molecular formula is C21H23NO5S. The molecule has 1 atom stereocenters. The van der Waals surface area contributed by atoms with Crippen LogP contribution >= 0.6 is 0 Å². The molecule has 28 heavy (non-hydrogen) atoms. The lowest BCUT2D eigenvalue weighted by molar-refractivity contribution is 0.0894. The number of nitrogens with one attached hydrogen (secondary N) is 1. The number of carbonyl (C=O) groups is 1. The van der Waals surface area contributed by atoms with E-state index >= 15 is 0 Å². The Morgan fingerprint density at radius 1 is 1.14 bits per heavy atom. The van der Waals surface area contributed by atoms with E-state index in [-0.39, 0.29) is 24.5 Å². The average Bonchev–Trinajstić information content (AvgIpc) is 3.09. The summed E-state index contributed by atoms with van der Waals surface area (Å²) in [6, 6.07) is 16.1. The summed E-state index contributed by atoms with van der Waals surface area (Å²) in [5.41, 5.74) is 1.73. The van der Waals surface area contributed by atoms with Crippen LogP contribution < -0.4 is 10.1 Å². The molecule has 0 bridgehead atoms. The highest BCUT2D eigenvalue weighted by Crippen LogP contribution is 2.19. The molecule has 148 valence electrons. The maximum atomic E-state index is 12.6. The van der Waals surface area contributed by atoms with Crippen molar-refractivity contribution in [1.82, 2.24) is 5.32 Å². The Bertz CT molecular complexity index is 1020. The zero-order chi connectivity index (χ0) is 20.1. The number of rotatable bonds is 8. The summed E-state index contributed by atoms with van der Waals surface area (Å²) in [5.74, 6) is 0.394. The van der Waals surface area contributed by atoms with Crippen LogP contribution in [-0.2, 0) is 9.84 Å². The van der Waals surface area contributed by atoms with Crippen LogP contribution in [0.5, 0.6) is 5.75 Å². The summed E-state index contributed by atoms with van der Waals surface area (Å²) in [6.45, 7) is 2.14. The second-order valence-corrected chi connectivity index (χ2v) is 9.12. The van der Waals surface area contributed by atoms with Gasteiger partial charge in [0, 0.05) is 11.6 Å². The number of hydrogen-bond acceptors (Lipinski definition) is 5. The number of furan rings is 1. The topological polar surface area (TPSA) is 85.6 Å². The third-order valence-corrected chi connectivity index (χ3v) is 5.27. The standard InChI is InChI=1S/C21H23NO5S/c1-15-7-9-18(10-8-15)26-14-17(11-12-28(2,24)25)22-21(23)20-13-16-5-3-4-6-19(16)27-20/h3-10,13,17H,11-12,14H2,1-2H3,(H,22,23)/t17-/m0/s1. The van der Waals surface area contributed by atoms with Crippen molar-refractivity contribution in [3.63, 3.8) is 0 Å². The first-order chi connectivity index (χ1) is 13.3. The smallest absolute Gasteiger partial charge is 0.287 e. The van der Waals surface area contributed by atoms with E-state index in [1.807, 2.05) is 49.4 Å². The van der Waals surface area contributed by atoms with E-state index in [4.69, 9.17) is 9.15 Å². The van der Waals surface area contributed by atoms with E-state index in [0.29, 0.717) is 11.3 Å². The van der Waals surface area contributed by atoms with Gasteiger partial charge in [-0.15, -0.1) is 0 Å². The van der Waals surface area contributed by atoms with Gasteiger partial charge in [0.2, 0.25) is 0 Å². The van der Waals surface area contributed by atoms with Crippen LogP contribution in [0.15, 0.2) is 59.0 Å². The summed E-state index contributed by atoms with van der Waals surface area (Å²) in [6.07, 6.45) is 1.42. The maximum absolute atomic E-state index is 12.6. The molecule has 0 spiro atoms. The van der Waals surface area contributed by atoms with Gasteiger partial charge in [0.1, 0.15) is 27.8 Å². The third kappa shape index (κ3) is 5.60. The van der Waals surface area contributed by atoms with Crippen molar-refractivity contribution in [2.24, 2.45) is 0 Å². The largest absolute Gasteiger partial charge is 0.491 e. The van der Waals surface area contributed by atoms with Gasteiger partial charge < -0.3 is 14.5 Å². The van der Waals surface area contributed by atoms with Crippen molar-refractivity contribution >= 4 is 26.7 Å². The van der Waals surface area contributed by atoms with Crippen LogP contribution in [0.1, 0.15) is 22.5 Å². The van der Waals surface area contributed by atoms with Crippen LogP contribution in [0.3, 0.4) is 0 Å². The lowest BCUT2D eigenvalue weighted by Gasteiger charge is -2.18. The number of benzene rings is 2. The van der Waals surface area contributed by atoms with E-state index < -0.39 is 21.8 Å². The Hall–Kier alpha value is -2.80. The van der Waals surface area contributed by atoms with Gasteiger partial charge in [-0.25, -0.2) is 8.42 Å². The summed E-state index contributed by atoms with van der Waals surface area (Å²) in [5, 5.41) is 3.66. The molecule has 0 aliphatic carbocycles. The van der Waals surface area contributed by atoms with E-state index in [1.54, 1.807) is 12.1 Å². The zero-order valence-electron chi connectivity index (χ0n) is 15.8. The summed E-state index contributed by atoms with van der Waals surface area (Å²) >= 11 is 0. The molecule has 0 saturated carbocycles. The van der Waals surface area contributed by atoms with Gasteiger partial charge in [-0.05, 0) is 37.6 Å². The van der Waals surface area contributed by atoms with Crippen LogP contribution in [0.25, 0.3) is 11.0 Å². The molecule has 1 aromatic heterocycles. The molecule has 1 N–H and O–H groups in total. The first-order valence-electron chi connectivity index (χ1n) is 8.97. The number of sulfone groups is 1. The first kappa shape index (κ1) is 19.9. The Balaban J connectivity index is 1.69. The zero-order valence-corrected chi connectivity index (χ0v) is 16.7. The van der Waals surface area contributed by atoms with Crippen molar-refractivity contribution in [3.8, 4) is 5.75 Å². The first-order valence-corrected chi connectivity index (χ1v) is 11.0. The quantitative estimate of drug-likeness (QED) is 0.626. The molecule has 0 unspecified atom stereocenters. The molecule has 0 aliphatic rings. The maximum Gasteiger partial charge on any atom is 0.287 e. The third-order valence-electron chi connectivity index (χ3n) is 4.29. The van der Waals surface area contributed by atoms with E-state index in [1.165, 1.54) is 6.26 Å². The van der Waals surface area contributed by atoms with Crippen LogP contribution in [0.2, 0.25) is 0 Å². The van der Waals surface area contributed by atoms with Crippen molar-refractivity contribution in [3.05, 3.63) is 65.9 Å². The lowest BCUT2D eigenvalue weighted by Crippen LogP contribution is -2.40. The minimum absolute atomic E-state index is 0.0463. The van der Waals surface area contributed by atoms with Crippen molar-refractivity contribution in [2.75, 3.05) is 18.6 Å². The lowest BCUT2D eigenvalue weighted by atomic mass is 10.2. The Morgan fingerprint density at radius 3 is 2.54 bits per heavy atom. The molecular weight excluding hydrogens is 378 g/mol. The highest BCUT2D eigenvalue weighted by molar-refractivity contribution is 7.90. The molecule has 0 aliphatic heterocycles. The fourth-order valence-corrected chi connectivity index (χ4v) is 3.45. The van der Waals surface area contributed by atoms with Gasteiger partial charge >= 0.3 is 0 Å².